The number of carbonyl (C=O) groups is 1. The molecule has 1 rings (SSSR count). The van der Waals surface area contributed by atoms with E-state index in [1.807, 2.05) is 6.92 Å². The summed E-state index contributed by atoms with van der Waals surface area (Å²) in [6, 6.07) is 3.92. The number of para-hydroxylation sites is 1. The summed E-state index contributed by atoms with van der Waals surface area (Å²) in [5.74, 6) is -0.195. The van der Waals surface area contributed by atoms with Crippen LogP contribution in [0.5, 0.6) is 11.5 Å². The van der Waals surface area contributed by atoms with Gasteiger partial charge in [-0.1, -0.05) is 19.1 Å². The lowest BCUT2D eigenvalue weighted by Crippen LogP contribution is -2.21. The van der Waals surface area contributed by atoms with Crippen molar-refractivity contribution in [2.75, 3.05) is 13.7 Å². The second kappa shape index (κ2) is 6.10. The van der Waals surface area contributed by atoms with E-state index in [0.29, 0.717) is 23.7 Å². The van der Waals surface area contributed by atoms with Gasteiger partial charge in [-0.05, 0) is 12.5 Å². The summed E-state index contributed by atoms with van der Waals surface area (Å²) in [5.41, 5.74) is 6.02. The Hall–Kier alpha value is -1.75. The third kappa shape index (κ3) is 3.10. The molecule has 0 aliphatic carbocycles. The van der Waals surface area contributed by atoms with Crippen LogP contribution in [0, 0.1) is 0 Å². The number of methoxy groups -OCH3 is 1. The molecule has 1 aromatic carbocycles. The number of carboxylic acids is 1. The van der Waals surface area contributed by atoms with Gasteiger partial charge in [0.25, 0.3) is 0 Å². The molecule has 1 atom stereocenters. The molecule has 5 nitrogen and oxygen atoms in total. The van der Waals surface area contributed by atoms with Crippen LogP contribution >= 0.6 is 0 Å². The Morgan fingerprint density at radius 3 is 2.76 bits per heavy atom. The molecule has 0 spiro atoms. The zero-order valence-corrected chi connectivity index (χ0v) is 9.97. The largest absolute Gasteiger partial charge is 0.493 e. The molecule has 0 aliphatic rings. The first kappa shape index (κ1) is 13.3. The van der Waals surface area contributed by atoms with Crippen LogP contribution in [0.3, 0.4) is 0 Å². The van der Waals surface area contributed by atoms with E-state index in [-0.39, 0.29) is 0 Å². The second-order valence-corrected chi connectivity index (χ2v) is 3.54. The number of hydrogen-bond acceptors (Lipinski definition) is 4. The van der Waals surface area contributed by atoms with Crippen LogP contribution in [0.4, 0.5) is 0 Å². The minimum absolute atomic E-state index is 0.409. The van der Waals surface area contributed by atoms with Crippen molar-refractivity contribution in [1.29, 1.82) is 0 Å². The highest BCUT2D eigenvalue weighted by Crippen LogP contribution is 2.34. The Kier molecular flexibility index (Phi) is 4.78. The molecule has 0 radical (unpaired) electrons. The zero-order valence-electron chi connectivity index (χ0n) is 9.97. The summed E-state index contributed by atoms with van der Waals surface area (Å²) in [5, 5.41) is 8.93. The summed E-state index contributed by atoms with van der Waals surface area (Å²) >= 11 is 0. The predicted molar refractivity (Wildman–Crippen MR) is 63.3 cm³/mol. The molecule has 0 fully saturated rings. The summed E-state index contributed by atoms with van der Waals surface area (Å²) in [7, 11) is 1.50. The van der Waals surface area contributed by atoms with Crippen LogP contribution in [-0.2, 0) is 4.79 Å². The van der Waals surface area contributed by atoms with Crippen molar-refractivity contribution < 1.29 is 19.4 Å². The van der Waals surface area contributed by atoms with Crippen molar-refractivity contribution in [2.45, 2.75) is 19.4 Å². The fraction of sp³-hybridized carbons (Fsp3) is 0.417. The van der Waals surface area contributed by atoms with Crippen molar-refractivity contribution in [2.24, 2.45) is 5.73 Å². The highest BCUT2D eigenvalue weighted by molar-refractivity contribution is 5.77. The molecule has 0 saturated carbocycles. The maximum Gasteiger partial charge on any atom is 0.325 e. The minimum atomic E-state index is -1.11. The Labute approximate surface area is 100 Å². The quantitative estimate of drug-likeness (QED) is 0.787. The first-order chi connectivity index (χ1) is 8.11. The van der Waals surface area contributed by atoms with Gasteiger partial charge in [-0.3, -0.25) is 4.79 Å². The highest BCUT2D eigenvalue weighted by Gasteiger charge is 2.21. The van der Waals surface area contributed by atoms with E-state index < -0.39 is 12.0 Å². The van der Waals surface area contributed by atoms with Gasteiger partial charge in [0.15, 0.2) is 11.5 Å². The van der Waals surface area contributed by atoms with E-state index >= 15 is 0 Å². The lowest BCUT2D eigenvalue weighted by molar-refractivity contribution is -0.138. The summed E-state index contributed by atoms with van der Waals surface area (Å²) in [6.07, 6.45) is 0.819. The van der Waals surface area contributed by atoms with E-state index in [1.165, 1.54) is 7.11 Å². The number of aliphatic carboxylic acids is 1. The van der Waals surface area contributed by atoms with Gasteiger partial charge >= 0.3 is 5.97 Å². The topological polar surface area (TPSA) is 81.8 Å². The number of benzene rings is 1. The Morgan fingerprint density at radius 2 is 2.24 bits per heavy atom. The molecule has 3 N–H and O–H groups in total. The molecule has 94 valence electrons. The molecule has 0 heterocycles. The predicted octanol–water partition coefficient (Wildman–Crippen LogP) is 1.57. The van der Waals surface area contributed by atoms with Crippen molar-refractivity contribution >= 4 is 5.97 Å². The molecule has 0 saturated heterocycles. The van der Waals surface area contributed by atoms with E-state index in [1.54, 1.807) is 18.2 Å². The molecule has 0 bridgehead atoms. The van der Waals surface area contributed by atoms with Crippen LogP contribution in [0.2, 0.25) is 0 Å². The number of nitrogens with two attached hydrogens (primary N) is 1. The number of rotatable bonds is 6. The normalized spacial score (nSPS) is 11.9. The minimum Gasteiger partial charge on any atom is -0.493 e. The fourth-order valence-corrected chi connectivity index (χ4v) is 1.43. The lowest BCUT2D eigenvalue weighted by Gasteiger charge is -2.16. The molecule has 0 aromatic heterocycles. The van der Waals surface area contributed by atoms with Crippen LogP contribution in [-0.4, -0.2) is 24.8 Å². The lowest BCUT2D eigenvalue weighted by atomic mass is 10.1. The average molecular weight is 239 g/mol. The molecule has 1 aromatic rings. The average Bonchev–Trinajstić information content (AvgIpc) is 2.34. The monoisotopic (exact) mass is 239 g/mol. The first-order valence-electron chi connectivity index (χ1n) is 5.39. The van der Waals surface area contributed by atoms with Gasteiger partial charge in [-0.25, -0.2) is 0 Å². The molecular formula is C12H17NO4. The van der Waals surface area contributed by atoms with Crippen molar-refractivity contribution in [3.8, 4) is 11.5 Å². The van der Waals surface area contributed by atoms with Gasteiger partial charge in [0.05, 0.1) is 13.7 Å². The first-order valence-corrected chi connectivity index (χ1v) is 5.39. The van der Waals surface area contributed by atoms with Gasteiger partial charge < -0.3 is 20.3 Å². The molecule has 17 heavy (non-hydrogen) atoms. The van der Waals surface area contributed by atoms with E-state index in [0.717, 1.165) is 6.42 Å². The van der Waals surface area contributed by atoms with Gasteiger partial charge in [0.1, 0.15) is 6.04 Å². The maximum absolute atomic E-state index is 10.9. The number of ether oxygens (including phenoxy) is 2. The maximum atomic E-state index is 10.9. The third-order valence-corrected chi connectivity index (χ3v) is 2.28. The van der Waals surface area contributed by atoms with E-state index in [9.17, 15) is 4.79 Å². The second-order valence-electron chi connectivity index (χ2n) is 3.54. The summed E-state index contributed by atoms with van der Waals surface area (Å²) < 4.78 is 10.7. The standard InChI is InChI=1S/C12H17NO4/c1-3-7-17-11-8(10(13)12(14)15)5-4-6-9(11)16-2/h4-6,10H,3,7,13H2,1-2H3,(H,14,15). The number of hydrogen-bond donors (Lipinski definition) is 2. The van der Waals surface area contributed by atoms with Gasteiger partial charge in [-0.2, -0.15) is 0 Å². The van der Waals surface area contributed by atoms with Crippen LogP contribution in [0.1, 0.15) is 24.9 Å². The van der Waals surface area contributed by atoms with Crippen LogP contribution in [0.15, 0.2) is 18.2 Å². The summed E-state index contributed by atoms with van der Waals surface area (Å²) in [6.45, 7) is 2.45. The van der Waals surface area contributed by atoms with Gasteiger partial charge in [0, 0.05) is 5.56 Å². The SMILES string of the molecule is CCCOc1c(OC)cccc1C(N)C(=O)O. The van der Waals surface area contributed by atoms with Crippen LogP contribution in [0.25, 0.3) is 0 Å². The summed E-state index contributed by atoms with van der Waals surface area (Å²) in [4.78, 5) is 10.9. The molecule has 0 amide bonds. The Bertz CT molecular complexity index is 392. The van der Waals surface area contributed by atoms with Crippen molar-refractivity contribution in [3.63, 3.8) is 0 Å². The van der Waals surface area contributed by atoms with Crippen molar-refractivity contribution in [1.82, 2.24) is 0 Å². The molecule has 0 aliphatic heterocycles. The Balaban J connectivity index is 3.13. The Morgan fingerprint density at radius 1 is 1.53 bits per heavy atom. The van der Waals surface area contributed by atoms with Crippen LogP contribution < -0.4 is 15.2 Å². The number of carboxylic acid groups (broad SMARTS) is 1. The molecular weight excluding hydrogens is 222 g/mol. The molecule has 1 unspecified atom stereocenters. The highest BCUT2D eigenvalue weighted by atomic mass is 16.5. The zero-order chi connectivity index (χ0) is 12.8. The third-order valence-electron chi connectivity index (χ3n) is 2.28. The van der Waals surface area contributed by atoms with Gasteiger partial charge in [0.2, 0.25) is 0 Å². The van der Waals surface area contributed by atoms with Gasteiger partial charge in [-0.15, -0.1) is 0 Å². The molecule has 5 heteroatoms. The van der Waals surface area contributed by atoms with Crippen molar-refractivity contribution in [3.05, 3.63) is 23.8 Å². The smallest absolute Gasteiger partial charge is 0.325 e. The van der Waals surface area contributed by atoms with E-state index in [4.69, 9.17) is 20.3 Å². The fourth-order valence-electron chi connectivity index (χ4n) is 1.43. The van der Waals surface area contributed by atoms with E-state index in [2.05, 4.69) is 0 Å².